The van der Waals surface area contributed by atoms with Crippen molar-refractivity contribution >= 4 is 26.6 Å². The molecule has 0 radical (unpaired) electrons. The Morgan fingerprint density at radius 3 is 2.63 bits per heavy atom. The topological polar surface area (TPSA) is 106 Å². The van der Waals surface area contributed by atoms with Gasteiger partial charge in [0, 0.05) is 30.4 Å². The van der Waals surface area contributed by atoms with E-state index in [9.17, 15) is 8.42 Å². The average Bonchev–Trinajstić information content (AvgIpc) is 3.03. The molecule has 1 fully saturated rings. The number of nitrogens with zero attached hydrogens (tertiary/aromatic N) is 3. The molecule has 8 nitrogen and oxygen atoms in total. The molecule has 1 aliphatic rings. The minimum Gasteiger partial charge on any atom is -0.437 e. The lowest BCUT2D eigenvalue weighted by molar-refractivity contribution is 0.466. The van der Waals surface area contributed by atoms with E-state index in [-0.39, 0.29) is 11.8 Å². The molecule has 2 atom stereocenters. The predicted octanol–water partition coefficient (Wildman–Crippen LogP) is 6.63. The van der Waals surface area contributed by atoms with Gasteiger partial charge in [0.15, 0.2) is 9.84 Å². The fourth-order valence-electron chi connectivity index (χ4n) is 5.54. The van der Waals surface area contributed by atoms with Gasteiger partial charge in [-0.25, -0.2) is 23.4 Å². The minimum atomic E-state index is -3.47. The molecular weight excluding hydrogens is 558 g/mol. The van der Waals surface area contributed by atoms with Crippen LogP contribution >= 0.6 is 0 Å². The van der Waals surface area contributed by atoms with E-state index in [1.807, 2.05) is 85.8 Å². The van der Waals surface area contributed by atoms with Gasteiger partial charge in [-0.15, -0.1) is 0 Å². The number of ether oxygens (including phenoxy) is 1. The number of rotatable bonds is 9. The van der Waals surface area contributed by atoms with Crippen LogP contribution in [-0.4, -0.2) is 42.5 Å². The van der Waals surface area contributed by atoms with Gasteiger partial charge in [-0.2, -0.15) is 0 Å². The first-order valence-electron chi connectivity index (χ1n) is 14.6. The first-order valence-corrected chi connectivity index (χ1v) is 16.3. The lowest BCUT2D eigenvalue weighted by Gasteiger charge is -2.23. The van der Waals surface area contributed by atoms with Crippen LogP contribution in [0.1, 0.15) is 41.7 Å². The van der Waals surface area contributed by atoms with E-state index < -0.39 is 15.1 Å². The fraction of sp³-hybridized carbons (Fsp3) is 0.265. The van der Waals surface area contributed by atoms with Gasteiger partial charge in [0.25, 0.3) is 0 Å². The molecule has 0 bridgehead atoms. The van der Waals surface area contributed by atoms with Crippen molar-refractivity contribution in [3.63, 3.8) is 0 Å². The number of fused-ring (bicyclic) bond motifs is 1. The maximum Gasteiger partial charge on any atom is 0.228 e. The fourth-order valence-corrected chi connectivity index (χ4v) is 7.05. The Bertz CT molecular complexity index is 1840. The van der Waals surface area contributed by atoms with Crippen molar-refractivity contribution in [3.05, 3.63) is 108 Å². The molecule has 2 N–H and O–H groups in total. The maximum atomic E-state index is 13.5. The number of nitrogens with one attached hydrogen (secondary N) is 2. The third-order valence-electron chi connectivity index (χ3n) is 8.00. The minimum absolute atomic E-state index is 0.0784. The average molecular weight is 594 g/mol. The van der Waals surface area contributed by atoms with Crippen LogP contribution in [0.25, 0.3) is 22.0 Å². The van der Waals surface area contributed by atoms with Gasteiger partial charge in [-0.1, -0.05) is 60.7 Å². The molecular formula is C34H35N5O3S. The second-order valence-electron chi connectivity index (χ2n) is 11.0. The third-order valence-corrected chi connectivity index (χ3v) is 10.1. The summed E-state index contributed by atoms with van der Waals surface area (Å²) in [6.45, 7) is 5.64. The van der Waals surface area contributed by atoms with Crippen LogP contribution in [-0.2, 0) is 15.6 Å². The molecule has 1 aliphatic heterocycles. The summed E-state index contributed by atoms with van der Waals surface area (Å²) in [4.78, 5) is 13.8. The van der Waals surface area contributed by atoms with Gasteiger partial charge in [-0.3, -0.25) is 0 Å². The number of hydrogen-bond donors (Lipinski definition) is 2. The Balaban J connectivity index is 1.32. The van der Waals surface area contributed by atoms with E-state index in [1.54, 1.807) is 19.3 Å². The van der Waals surface area contributed by atoms with Crippen molar-refractivity contribution in [2.45, 2.75) is 43.7 Å². The molecule has 3 heterocycles. The SMILES string of the molecule is Cc1ccc2c(CS(=O)(=O)[C@@H](C)c3ccccc3)cccc2c1Oc1ncccc1-c1ccnc(N[C@H]2CCCNC2)n1. The zero-order valence-corrected chi connectivity index (χ0v) is 25.1. The van der Waals surface area contributed by atoms with Crippen molar-refractivity contribution in [3.8, 4) is 22.9 Å². The number of pyridine rings is 1. The summed E-state index contributed by atoms with van der Waals surface area (Å²) >= 11 is 0. The molecule has 5 aromatic rings. The van der Waals surface area contributed by atoms with Crippen LogP contribution in [0.4, 0.5) is 5.95 Å². The smallest absolute Gasteiger partial charge is 0.228 e. The molecule has 1 saturated heterocycles. The van der Waals surface area contributed by atoms with Gasteiger partial charge in [0.2, 0.25) is 11.8 Å². The van der Waals surface area contributed by atoms with Crippen LogP contribution in [0.3, 0.4) is 0 Å². The molecule has 0 spiro atoms. The first kappa shape index (κ1) is 28.8. The molecule has 43 heavy (non-hydrogen) atoms. The van der Waals surface area contributed by atoms with Gasteiger partial charge in [0.05, 0.1) is 22.3 Å². The van der Waals surface area contributed by atoms with Crippen LogP contribution < -0.4 is 15.4 Å². The third kappa shape index (κ3) is 6.38. The molecule has 0 amide bonds. The molecule has 2 aromatic heterocycles. The Morgan fingerprint density at radius 1 is 0.953 bits per heavy atom. The summed E-state index contributed by atoms with van der Waals surface area (Å²) in [7, 11) is -3.47. The Labute approximate surface area is 252 Å². The van der Waals surface area contributed by atoms with E-state index in [0.717, 1.165) is 59.0 Å². The van der Waals surface area contributed by atoms with Crippen molar-refractivity contribution in [1.82, 2.24) is 20.3 Å². The first-order chi connectivity index (χ1) is 20.9. The lowest BCUT2D eigenvalue weighted by atomic mass is 10.0. The molecule has 9 heteroatoms. The highest BCUT2D eigenvalue weighted by Crippen LogP contribution is 2.38. The number of aryl methyl sites for hydroxylation is 1. The summed E-state index contributed by atoms with van der Waals surface area (Å²) in [6.07, 6.45) is 5.61. The van der Waals surface area contributed by atoms with E-state index >= 15 is 0 Å². The van der Waals surface area contributed by atoms with Crippen LogP contribution in [0.2, 0.25) is 0 Å². The second kappa shape index (κ2) is 12.5. The predicted molar refractivity (Wildman–Crippen MR) is 171 cm³/mol. The van der Waals surface area contributed by atoms with Gasteiger partial charge in [-0.05, 0) is 73.5 Å². The lowest BCUT2D eigenvalue weighted by Crippen LogP contribution is -2.38. The summed E-state index contributed by atoms with van der Waals surface area (Å²) in [5.41, 5.74) is 3.86. The Hall–Kier alpha value is -4.34. The summed E-state index contributed by atoms with van der Waals surface area (Å²) in [6, 6.07) is 24.9. The van der Waals surface area contributed by atoms with E-state index in [2.05, 4.69) is 20.6 Å². The van der Waals surface area contributed by atoms with Crippen molar-refractivity contribution in [2.75, 3.05) is 18.4 Å². The Kier molecular flexibility index (Phi) is 8.35. The number of anilines is 1. The summed E-state index contributed by atoms with van der Waals surface area (Å²) in [5.74, 6) is 1.54. The number of hydrogen-bond acceptors (Lipinski definition) is 8. The number of piperidine rings is 1. The van der Waals surface area contributed by atoms with Crippen LogP contribution in [0.5, 0.6) is 11.6 Å². The summed E-state index contributed by atoms with van der Waals surface area (Å²) < 4.78 is 33.5. The van der Waals surface area contributed by atoms with Gasteiger partial charge < -0.3 is 15.4 Å². The van der Waals surface area contributed by atoms with Gasteiger partial charge in [0.1, 0.15) is 5.75 Å². The van der Waals surface area contributed by atoms with Crippen molar-refractivity contribution < 1.29 is 13.2 Å². The molecule has 0 aliphatic carbocycles. The zero-order valence-electron chi connectivity index (χ0n) is 24.3. The van der Waals surface area contributed by atoms with Crippen molar-refractivity contribution in [1.29, 1.82) is 0 Å². The summed E-state index contributed by atoms with van der Waals surface area (Å²) in [5, 5.41) is 7.88. The van der Waals surface area contributed by atoms with Crippen LogP contribution in [0.15, 0.2) is 91.3 Å². The van der Waals surface area contributed by atoms with E-state index in [4.69, 9.17) is 9.72 Å². The quantitative estimate of drug-likeness (QED) is 0.196. The van der Waals surface area contributed by atoms with Crippen LogP contribution in [0, 0.1) is 6.92 Å². The second-order valence-corrected chi connectivity index (χ2v) is 13.3. The molecule has 6 rings (SSSR count). The highest BCUT2D eigenvalue weighted by molar-refractivity contribution is 7.90. The standard InChI is InChI=1S/C34H35N5O3S/c1-23-15-16-28-26(22-43(40,41)24(2)25-9-4-3-5-10-25)11-6-13-29(28)32(23)42-33-30(14-8-19-36-33)31-17-20-37-34(39-31)38-27-12-7-18-35-21-27/h3-6,8-11,13-17,19-20,24,27,35H,7,12,18,21-22H2,1-2H3,(H,37,38,39)/t24-,27-/m0/s1. The van der Waals surface area contributed by atoms with Crippen molar-refractivity contribution in [2.24, 2.45) is 0 Å². The molecule has 0 unspecified atom stereocenters. The maximum absolute atomic E-state index is 13.5. The highest BCUT2D eigenvalue weighted by Gasteiger charge is 2.24. The Morgan fingerprint density at radius 2 is 1.81 bits per heavy atom. The monoisotopic (exact) mass is 593 g/mol. The zero-order chi connectivity index (χ0) is 29.8. The normalized spacial score (nSPS) is 16.1. The number of aromatic nitrogens is 3. The van der Waals surface area contributed by atoms with E-state index in [1.165, 1.54) is 0 Å². The highest BCUT2D eigenvalue weighted by atomic mass is 32.2. The van der Waals surface area contributed by atoms with E-state index in [0.29, 0.717) is 23.3 Å². The number of benzene rings is 3. The molecule has 220 valence electrons. The molecule has 3 aromatic carbocycles. The van der Waals surface area contributed by atoms with Gasteiger partial charge >= 0.3 is 0 Å². The number of sulfone groups is 1. The largest absolute Gasteiger partial charge is 0.437 e. The molecule has 0 saturated carbocycles.